The Bertz CT molecular complexity index is 398. The number of thiophene rings is 1. The number of aliphatic imine (C=N–C) groups is 1. The van der Waals surface area contributed by atoms with E-state index in [1.807, 2.05) is 0 Å². The van der Waals surface area contributed by atoms with Crippen LogP contribution in [0.2, 0.25) is 0 Å². The molecule has 0 saturated heterocycles. The second-order valence-electron chi connectivity index (χ2n) is 3.01. The topological polar surface area (TPSA) is 36.4 Å². The molecular formula is C11H15BrIN3S. The van der Waals surface area contributed by atoms with Gasteiger partial charge in [0.05, 0.1) is 10.3 Å². The van der Waals surface area contributed by atoms with Gasteiger partial charge in [-0.2, -0.15) is 0 Å². The summed E-state index contributed by atoms with van der Waals surface area (Å²) in [4.78, 5) is 5.39. The number of nitrogens with one attached hydrogen (secondary N) is 2. The predicted molar refractivity (Wildman–Crippen MR) is 89.3 cm³/mol. The van der Waals surface area contributed by atoms with E-state index in [4.69, 9.17) is 6.42 Å². The van der Waals surface area contributed by atoms with Crippen LogP contribution in [0.3, 0.4) is 0 Å². The largest absolute Gasteiger partial charge is 0.356 e. The first kappa shape index (κ1) is 16.7. The molecule has 1 heterocycles. The minimum atomic E-state index is 0. The molecule has 0 spiro atoms. The Balaban J connectivity index is 0.00000256. The Kier molecular flexibility index (Phi) is 9.59. The maximum Gasteiger partial charge on any atom is 0.191 e. The van der Waals surface area contributed by atoms with Gasteiger partial charge in [0.25, 0.3) is 0 Å². The van der Waals surface area contributed by atoms with E-state index < -0.39 is 0 Å². The third-order valence-corrected chi connectivity index (χ3v) is 3.56. The van der Waals surface area contributed by atoms with Crippen LogP contribution in [0.25, 0.3) is 0 Å². The second kappa shape index (κ2) is 9.74. The quantitative estimate of drug-likeness (QED) is 0.335. The Labute approximate surface area is 132 Å². The molecule has 0 saturated carbocycles. The molecule has 0 radical (unpaired) electrons. The fourth-order valence-corrected chi connectivity index (χ4v) is 2.63. The summed E-state index contributed by atoms with van der Waals surface area (Å²) in [6.45, 7) is 1.33. The number of guanidine groups is 1. The molecule has 1 aromatic heterocycles. The lowest BCUT2D eigenvalue weighted by Crippen LogP contribution is -2.38. The highest BCUT2D eigenvalue weighted by atomic mass is 127. The van der Waals surface area contributed by atoms with E-state index in [2.05, 4.69) is 49.6 Å². The smallest absolute Gasteiger partial charge is 0.191 e. The summed E-state index contributed by atoms with van der Waals surface area (Å²) >= 11 is 5.19. The highest BCUT2D eigenvalue weighted by Crippen LogP contribution is 2.21. The summed E-state index contributed by atoms with van der Waals surface area (Å²) in [5, 5.41) is 6.20. The minimum absolute atomic E-state index is 0. The monoisotopic (exact) mass is 427 g/mol. The van der Waals surface area contributed by atoms with Crippen molar-refractivity contribution in [1.82, 2.24) is 10.6 Å². The van der Waals surface area contributed by atoms with Gasteiger partial charge in [0.1, 0.15) is 0 Å². The molecule has 17 heavy (non-hydrogen) atoms. The van der Waals surface area contributed by atoms with Crippen LogP contribution in [0.1, 0.15) is 4.88 Å². The fourth-order valence-electron chi connectivity index (χ4n) is 1.15. The van der Waals surface area contributed by atoms with Crippen molar-refractivity contribution in [2.45, 2.75) is 6.42 Å². The molecular weight excluding hydrogens is 413 g/mol. The van der Waals surface area contributed by atoms with Gasteiger partial charge in [0.15, 0.2) is 5.96 Å². The van der Waals surface area contributed by atoms with Crippen molar-refractivity contribution in [2.24, 2.45) is 4.99 Å². The van der Waals surface area contributed by atoms with Gasteiger partial charge in [-0.05, 0) is 34.5 Å². The molecule has 0 fully saturated rings. The van der Waals surface area contributed by atoms with Gasteiger partial charge < -0.3 is 10.6 Å². The average molecular weight is 428 g/mol. The predicted octanol–water partition coefficient (Wildman–Crippen LogP) is 2.47. The normalized spacial score (nSPS) is 10.3. The van der Waals surface area contributed by atoms with Gasteiger partial charge >= 0.3 is 0 Å². The van der Waals surface area contributed by atoms with E-state index in [0.717, 1.165) is 22.7 Å². The number of nitrogens with zero attached hydrogens (tertiary/aromatic N) is 1. The van der Waals surface area contributed by atoms with Crippen LogP contribution in [0.15, 0.2) is 20.9 Å². The van der Waals surface area contributed by atoms with Crippen LogP contribution in [0.5, 0.6) is 0 Å². The average Bonchev–Trinajstić information content (AvgIpc) is 2.69. The Hall–Kier alpha value is -0.260. The van der Waals surface area contributed by atoms with Gasteiger partial charge in [-0.15, -0.1) is 41.7 Å². The van der Waals surface area contributed by atoms with E-state index in [0.29, 0.717) is 6.54 Å². The lowest BCUT2D eigenvalue weighted by atomic mass is 10.3. The molecule has 0 bridgehead atoms. The molecule has 1 rings (SSSR count). The van der Waals surface area contributed by atoms with Crippen molar-refractivity contribution in [3.8, 4) is 12.3 Å². The van der Waals surface area contributed by atoms with Crippen LogP contribution in [-0.2, 0) is 6.42 Å². The lowest BCUT2D eigenvalue weighted by Gasteiger charge is -2.08. The van der Waals surface area contributed by atoms with Crippen LogP contribution in [-0.4, -0.2) is 26.1 Å². The number of hydrogen-bond donors (Lipinski definition) is 2. The molecule has 2 N–H and O–H groups in total. The lowest BCUT2D eigenvalue weighted by molar-refractivity contribution is 0.832. The molecule has 0 aliphatic carbocycles. The fraction of sp³-hybridized carbons (Fsp3) is 0.364. The van der Waals surface area contributed by atoms with Gasteiger partial charge in [0.2, 0.25) is 0 Å². The first-order chi connectivity index (χ1) is 7.76. The van der Waals surface area contributed by atoms with E-state index in [1.165, 1.54) is 4.88 Å². The molecule has 0 atom stereocenters. The summed E-state index contributed by atoms with van der Waals surface area (Å²) in [7, 11) is 1.73. The molecule has 0 aliphatic rings. The Morgan fingerprint density at radius 2 is 2.29 bits per heavy atom. The highest BCUT2D eigenvalue weighted by Gasteiger charge is 1.99. The Morgan fingerprint density at radius 3 is 2.82 bits per heavy atom. The van der Waals surface area contributed by atoms with Crippen molar-refractivity contribution >= 4 is 57.2 Å². The molecule has 6 heteroatoms. The van der Waals surface area contributed by atoms with Gasteiger partial charge in [0, 0.05) is 18.5 Å². The summed E-state index contributed by atoms with van der Waals surface area (Å²) in [6.07, 6.45) is 6.13. The summed E-state index contributed by atoms with van der Waals surface area (Å²) in [5.74, 6) is 3.25. The molecule has 0 unspecified atom stereocenters. The third-order valence-electron chi connectivity index (χ3n) is 1.87. The number of halogens is 2. The van der Waals surface area contributed by atoms with Crippen LogP contribution >= 0.6 is 51.2 Å². The summed E-state index contributed by atoms with van der Waals surface area (Å²) in [6, 6.07) is 4.18. The van der Waals surface area contributed by atoms with E-state index in [-0.39, 0.29) is 24.0 Å². The van der Waals surface area contributed by atoms with Crippen molar-refractivity contribution in [1.29, 1.82) is 0 Å². The molecule has 0 aromatic carbocycles. The minimum Gasteiger partial charge on any atom is -0.356 e. The van der Waals surface area contributed by atoms with Crippen molar-refractivity contribution in [3.63, 3.8) is 0 Å². The standard InChI is InChI=1S/C11H14BrN3S.HI/c1-3-7-14-11(13-2)15-8-6-9-4-5-10(12)16-9;/h1,4-5H,6-8H2,2H3,(H2,13,14,15);1H. The SMILES string of the molecule is C#CCNC(=NC)NCCc1ccc(Br)s1.I. The van der Waals surface area contributed by atoms with Crippen molar-refractivity contribution in [2.75, 3.05) is 20.1 Å². The van der Waals surface area contributed by atoms with Crippen LogP contribution < -0.4 is 10.6 Å². The van der Waals surface area contributed by atoms with Gasteiger partial charge in [-0.3, -0.25) is 4.99 Å². The van der Waals surface area contributed by atoms with Crippen LogP contribution in [0.4, 0.5) is 0 Å². The zero-order chi connectivity index (χ0) is 11.8. The van der Waals surface area contributed by atoms with Crippen molar-refractivity contribution in [3.05, 3.63) is 20.8 Å². The van der Waals surface area contributed by atoms with Gasteiger partial charge in [-0.1, -0.05) is 5.92 Å². The molecule has 0 amide bonds. The second-order valence-corrected chi connectivity index (χ2v) is 5.56. The molecule has 0 aliphatic heterocycles. The third kappa shape index (κ3) is 6.91. The Morgan fingerprint density at radius 1 is 1.53 bits per heavy atom. The number of terminal acetylenes is 1. The van der Waals surface area contributed by atoms with Crippen LogP contribution in [0, 0.1) is 12.3 Å². The van der Waals surface area contributed by atoms with E-state index >= 15 is 0 Å². The first-order valence-electron chi connectivity index (χ1n) is 4.88. The zero-order valence-corrected chi connectivity index (χ0v) is 14.2. The maximum atomic E-state index is 5.16. The number of rotatable bonds is 4. The summed E-state index contributed by atoms with van der Waals surface area (Å²) in [5.41, 5.74) is 0. The molecule has 3 nitrogen and oxygen atoms in total. The van der Waals surface area contributed by atoms with Gasteiger partial charge in [-0.25, -0.2) is 0 Å². The number of hydrogen-bond acceptors (Lipinski definition) is 2. The first-order valence-corrected chi connectivity index (χ1v) is 6.49. The maximum absolute atomic E-state index is 5.16. The molecule has 94 valence electrons. The van der Waals surface area contributed by atoms with Crippen molar-refractivity contribution < 1.29 is 0 Å². The summed E-state index contributed by atoms with van der Waals surface area (Å²) < 4.78 is 1.16. The van der Waals surface area contributed by atoms with E-state index in [9.17, 15) is 0 Å². The molecule has 1 aromatic rings. The highest BCUT2D eigenvalue weighted by molar-refractivity contribution is 14.0. The van der Waals surface area contributed by atoms with E-state index in [1.54, 1.807) is 18.4 Å². The zero-order valence-electron chi connectivity index (χ0n) is 9.50.